The molecule has 5 heterocycles. The molecule has 2 unspecified atom stereocenters. The van der Waals surface area contributed by atoms with Crippen LogP contribution in [0.2, 0.25) is 0 Å². The molecule has 2 atom stereocenters. The van der Waals surface area contributed by atoms with Crippen molar-refractivity contribution < 1.29 is 19.0 Å². The number of rotatable bonds is 3. The van der Waals surface area contributed by atoms with Gasteiger partial charge in [-0.05, 0) is 39.7 Å². The van der Waals surface area contributed by atoms with Crippen molar-refractivity contribution in [2.75, 3.05) is 52.5 Å². The Balaban J connectivity index is 1.32. The van der Waals surface area contributed by atoms with E-state index in [-0.39, 0.29) is 23.4 Å². The van der Waals surface area contributed by atoms with Crippen molar-refractivity contribution in [1.82, 2.24) is 24.7 Å². The Kier molecular flexibility index (Phi) is 7.22. The third kappa shape index (κ3) is 5.73. The van der Waals surface area contributed by atoms with Gasteiger partial charge in [-0.2, -0.15) is 0 Å². The van der Waals surface area contributed by atoms with Crippen LogP contribution >= 0.6 is 22.9 Å². The number of carbonyl (C=O) groups excluding carboxylic acids is 1. The van der Waals surface area contributed by atoms with E-state index in [0.717, 1.165) is 42.7 Å². The number of nitrogens with zero attached hydrogens (tertiary/aromatic N) is 5. The molecule has 192 valence electrons. The number of halogens is 1. The third-order valence-electron chi connectivity index (χ3n) is 6.83. The first-order chi connectivity index (χ1) is 16.7. The predicted molar refractivity (Wildman–Crippen MR) is 135 cm³/mol. The van der Waals surface area contributed by atoms with E-state index in [1.165, 1.54) is 4.88 Å². The zero-order valence-electron chi connectivity index (χ0n) is 20.6. The number of hydrogen-bond acceptors (Lipinski definition) is 9. The normalized spacial score (nSPS) is 25.1. The lowest BCUT2D eigenvalue weighted by Crippen LogP contribution is -2.60. The van der Waals surface area contributed by atoms with E-state index in [1.807, 2.05) is 31.9 Å². The van der Waals surface area contributed by atoms with E-state index in [2.05, 4.69) is 25.8 Å². The first-order valence-corrected chi connectivity index (χ1v) is 13.5. The molecule has 3 saturated heterocycles. The van der Waals surface area contributed by atoms with Crippen LogP contribution in [0.3, 0.4) is 0 Å². The molecular formula is C24H34ClN5O4S. The minimum atomic E-state index is -0.508. The third-order valence-corrected chi connectivity index (χ3v) is 8.19. The summed E-state index contributed by atoms with van der Waals surface area (Å²) in [6.45, 7) is 11.2. The Morgan fingerprint density at radius 1 is 1.23 bits per heavy atom. The van der Waals surface area contributed by atoms with Crippen molar-refractivity contribution in [3.8, 4) is 0 Å². The van der Waals surface area contributed by atoms with Gasteiger partial charge in [0, 0.05) is 43.8 Å². The summed E-state index contributed by atoms with van der Waals surface area (Å²) in [5.41, 5.74) is -0.188. The molecule has 1 amide bonds. The van der Waals surface area contributed by atoms with Crippen LogP contribution in [0.1, 0.15) is 44.7 Å². The second kappa shape index (κ2) is 10.1. The summed E-state index contributed by atoms with van der Waals surface area (Å²) in [6, 6.07) is 2.18. The molecule has 11 heteroatoms. The number of morpholine rings is 2. The average molecular weight is 524 g/mol. The molecule has 0 radical (unpaired) electrons. The summed E-state index contributed by atoms with van der Waals surface area (Å²) >= 11 is 8.14. The molecule has 3 aliphatic rings. The fourth-order valence-corrected chi connectivity index (χ4v) is 6.60. The summed E-state index contributed by atoms with van der Waals surface area (Å²) in [7, 11) is 0. The van der Waals surface area contributed by atoms with Gasteiger partial charge in [0.1, 0.15) is 17.5 Å². The van der Waals surface area contributed by atoms with E-state index in [1.54, 1.807) is 17.7 Å². The predicted octanol–water partition coefficient (Wildman–Crippen LogP) is 3.69. The number of ether oxygens (including phenoxy) is 3. The molecule has 5 rings (SSSR count). The number of aromatic nitrogens is 2. The Hall–Kier alpha value is -1.56. The van der Waals surface area contributed by atoms with Crippen LogP contribution in [0.5, 0.6) is 0 Å². The van der Waals surface area contributed by atoms with Gasteiger partial charge in [0.15, 0.2) is 0 Å². The first kappa shape index (κ1) is 25.1. The molecular weight excluding hydrogens is 490 g/mol. The molecule has 0 saturated carbocycles. The van der Waals surface area contributed by atoms with Gasteiger partial charge < -0.3 is 19.1 Å². The smallest absolute Gasteiger partial charge is 0.410 e. The second-order valence-corrected chi connectivity index (χ2v) is 12.1. The Bertz CT molecular complexity index is 1010. The molecule has 3 aliphatic heterocycles. The molecule has 0 N–H and O–H groups in total. The van der Waals surface area contributed by atoms with E-state index in [4.69, 9.17) is 25.8 Å². The van der Waals surface area contributed by atoms with Crippen molar-refractivity contribution in [3.63, 3.8) is 0 Å². The number of fused-ring (bicyclic) bond motifs is 1. The van der Waals surface area contributed by atoms with Crippen LogP contribution in [-0.2, 0) is 14.2 Å². The maximum atomic E-state index is 12.7. The minimum absolute atomic E-state index is 0.0854. The molecule has 2 aromatic rings. The topological polar surface area (TPSA) is 80.3 Å². The standard InChI is InChI=1S/C24H34ClN5O4S/c1-23(2,3)34-22(31)30-9-11-33-24(15-30)4-6-28(7-5-24)21(29-8-10-32-20(25)14-29)18-12-17-19(35-18)13-26-16-27-17/h12-13,16,20-21H,4-11,14-15H2,1-3H3. The summed E-state index contributed by atoms with van der Waals surface area (Å²) in [6.07, 6.45) is 5.00. The fraction of sp³-hybridized carbons (Fsp3) is 0.708. The number of thiophene rings is 1. The van der Waals surface area contributed by atoms with Gasteiger partial charge in [0.2, 0.25) is 0 Å². The number of alkyl halides is 1. The largest absolute Gasteiger partial charge is 0.444 e. The molecule has 0 aliphatic carbocycles. The zero-order valence-corrected chi connectivity index (χ0v) is 22.2. The molecule has 1 spiro atoms. The van der Waals surface area contributed by atoms with E-state index in [0.29, 0.717) is 32.8 Å². The number of hydrogen-bond donors (Lipinski definition) is 0. The van der Waals surface area contributed by atoms with Crippen molar-refractivity contribution in [2.45, 2.75) is 56.5 Å². The Morgan fingerprint density at radius 2 is 2.03 bits per heavy atom. The summed E-state index contributed by atoms with van der Waals surface area (Å²) in [5.74, 6) is 0. The van der Waals surface area contributed by atoms with Crippen LogP contribution in [0.15, 0.2) is 18.6 Å². The molecule has 0 bridgehead atoms. The summed E-state index contributed by atoms with van der Waals surface area (Å²) in [4.78, 5) is 29.3. The number of likely N-dealkylation sites (tertiary alicyclic amines) is 1. The highest BCUT2D eigenvalue weighted by atomic mass is 35.5. The van der Waals surface area contributed by atoms with Crippen LogP contribution in [0, 0.1) is 0 Å². The van der Waals surface area contributed by atoms with Crippen LogP contribution in [0.4, 0.5) is 4.79 Å². The molecule has 35 heavy (non-hydrogen) atoms. The lowest BCUT2D eigenvalue weighted by molar-refractivity contribution is -0.146. The Morgan fingerprint density at radius 3 is 2.74 bits per heavy atom. The van der Waals surface area contributed by atoms with E-state index < -0.39 is 5.60 Å². The summed E-state index contributed by atoms with van der Waals surface area (Å²) in [5, 5.41) is 0. The molecule has 2 aromatic heterocycles. The molecule has 9 nitrogen and oxygen atoms in total. The lowest BCUT2D eigenvalue weighted by Gasteiger charge is -2.50. The fourth-order valence-electron chi connectivity index (χ4n) is 5.18. The second-order valence-electron chi connectivity index (χ2n) is 10.5. The van der Waals surface area contributed by atoms with Gasteiger partial charge >= 0.3 is 6.09 Å². The summed E-state index contributed by atoms with van der Waals surface area (Å²) < 4.78 is 18.6. The van der Waals surface area contributed by atoms with Crippen molar-refractivity contribution >= 4 is 39.2 Å². The van der Waals surface area contributed by atoms with Crippen LogP contribution in [-0.4, -0.2) is 100 Å². The quantitative estimate of drug-likeness (QED) is 0.563. The number of carbonyl (C=O) groups is 1. The zero-order chi connectivity index (χ0) is 24.6. The maximum Gasteiger partial charge on any atom is 0.410 e. The van der Waals surface area contributed by atoms with Gasteiger partial charge in [0.05, 0.1) is 41.7 Å². The van der Waals surface area contributed by atoms with Gasteiger partial charge in [-0.3, -0.25) is 9.80 Å². The van der Waals surface area contributed by atoms with Gasteiger partial charge in [-0.15, -0.1) is 11.3 Å². The highest BCUT2D eigenvalue weighted by Crippen LogP contribution is 2.39. The van der Waals surface area contributed by atoms with Crippen molar-refractivity contribution in [1.29, 1.82) is 0 Å². The molecule has 3 fully saturated rings. The SMILES string of the molecule is CC(C)(C)OC(=O)N1CCOC2(CCN(C(c3cc4ncncc4s3)N3CCOC(Cl)C3)CC2)C1. The molecule has 0 aromatic carbocycles. The number of amides is 1. The van der Waals surface area contributed by atoms with Gasteiger partial charge in [-0.1, -0.05) is 11.6 Å². The monoisotopic (exact) mass is 523 g/mol. The maximum absolute atomic E-state index is 12.7. The Labute approximate surface area is 215 Å². The van der Waals surface area contributed by atoms with Crippen LogP contribution < -0.4 is 0 Å². The highest BCUT2D eigenvalue weighted by molar-refractivity contribution is 7.19. The van der Waals surface area contributed by atoms with Crippen molar-refractivity contribution in [3.05, 3.63) is 23.5 Å². The number of piperidine rings is 1. The lowest BCUT2D eigenvalue weighted by atomic mass is 9.89. The first-order valence-electron chi connectivity index (χ1n) is 12.3. The highest BCUT2D eigenvalue weighted by Gasteiger charge is 2.44. The van der Waals surface area contributed by atoms with Gasteiger partial charge in [-0.25, -0.2) is 14.8 Å². The van der Waals surface area contributed by atoms with E-state index >= 15 is 0 Å². The minimum Gasteiger partial charge on any atom is -0.444 e. The van der Waals surface area contributed by atoms with Gasteiger partial charge in [0.25, 0.3) is 0 Å². The van der Waals surface area contributed by atoms with E-state index in [9.17, 15) is 4.79 Å². The van der Waals surface area contributed by atoms with Crippen molar-refractivity contribution in [2.24, 2.45) is 0 Å². The van der Waals surface area contributed by atoms with Crippen LogP contribution in [0.25, 0.3) is 10.2 Å². The average Bonchev–Trinajstić information content (AvgIpc) is 3.23.